The number of anilines is 3. The third kappa shape index (κ3) is 7.01. The summed E-state index contributed by atoms with van der Waals surface area (Å²) in [4.78, 5) is 20.1. The maximum absolute atomic E-state index is 12.1. The van der Waals surface area contributed by atoms with Gasteiger partial charge in [-0.1, -0.05) is 17.9 Å². The lowest BCUT2D eigenvalue weighted by Gasteiger charge is -2.19. The third-order valence-electron chi connectivity index (χ3n) is 4.70. The third-order valence-corrected chi connectivity index (χ3v) is 4.70. The highest BCUT2D eigenvalue weighted by Gasteiger charge is 2.16. The number of hydrogen-bond acceptors (Lipinski definition) is 8. The van der Waals surface area contributed by atoms with Crippen molar-refractivity contribution in [3.8, 4) is 23.3 Å². The van der Waals surface area contributed by atoms with Crippen molar-refractivity contribution in [1.82, 2.24) is 9.97 Å². The number of carbonyl (C=O) groups is 1. The number of nitrogens with two attached hydrogens (primary N) is 2. The highest BCUT2D eigenvalue weighted by molar-refractivity contribution is 5.85. The average Bonchev–Trinajstić information content (AvgIpc) is 2.78. The molecular formula is C26H29N5O4. The Morgan fingerprint density at radius 3 is 2.51 bits per heavy atom. The molecular weight excluding hydrogens is 446 g/mol. The van der Waals surface area contributed by atoms with Gasteiger partial charge in [0, 0.05) is 29.4 Å². The van der Waals surface area contributed by atoms with Crippen LogP contribution in [0, 0.1) is 11.8 Å². The second-order valence-electron chi connectivity index (χ2n) is 8.65. The summed E-state index contributed by atoms with van der Waals surface area (Å²) in [6.45, 7) is 5.41. The zero-order valence-corrected chi connectivity index (χ0v) is 20.4. The lowest BCUT2D eigenvalue weighted by atomic mass is 10.0. The first-order valence-electron chi connectivity index (χ1n) is 10.8. The van der Waals surface area contributed by atoms with Crippen LogP contribution in [-0.2, 0) is 11.2 Å². The van der Waals surface area contributed by atoms with Gasteiger partial charge >= 0.3 is 6.09 Å². The van der Waals surface area contributed by atoms with Crippen molar-refractivity contribution in [1.29, 1.82) is 0 Å². The van der Waals surface area contributed by atoms with Gasteiger partial charge in [-0.2, -0.15) is 4.98 Å². The van der Waals surface area contributed by atoms with Crippen molar-refractivity contribution in [2.75, 3.05) is 31.0 Å². The number of nitrogens with zero attached hydrogens (tertiary/aromatic N) is 2. The van der Waals surface area contributed by atoms with E-state index in [1.54, 1.807) is 59.4 Å². The quantitative estimate of drug-likeness (QED) is 0.472. The summed E-state index contributed by atoms with van der Waals surface area (Å²) < 4.78 is 16.4. The van der Waals surface area contributed by atoms with E-state index in [9.17, 15) is 4.79 Å². The van der Waals surface area contributed by atoms with Gasteiger partial charge < -0.3 is 25.7 Å². The van der Waals surface area contributed by atoms with Crippen LogP contribution in [0.25, 0.3) is 0 Å². The van der Waals surface area contributed by atoms with Crippen LogP contribution < -0.4 is 26.3 Å². The number of aromatic nitrogens is 2. The lowest BCUT2D eigenvalue weighted by Crippen LogP contribution is -2.27. The minimum absolute atomic E-state index is 0.119. The van der Waals surface area contributed by atoms with Gasteiger partial charge in [-0.25, -0.2) is 9.78 Å². The Morgan fingerprint density at radius 1 is 1.09 bits per heavy atom. The molecule has 9 nitrogen and oxygen atoms in total. The fourth-order valence-electron chi connectivity index (χ4n) is 3.24. The van der Waals surface area contributed by atoms with E-state index in [1.807, 2.05) is 18.2 Å². The number of methoxy groups -OCH3 is 2. The number of amides is 1. The summed E-state index contributed by atoms with van der Waals surface area (Å²) in [5, 5.41) is 2.72. The van der Waals surface area contributed by atoms with Gasteiger partial charge in [0.05, 0.1) is 19.8 Å². The van der Waals surface area contributed by atoms with E-state index in [1.165, 1.54) is 0 Å². The van der Waals surface area contributed by atoms with Crippen LogP contribution in [0.1, 0.15) is 43.0 Å². The number of nitrogens with one attached hydrogen (secondary N) is 1. The van der Waals surface area contributed by atoms with Crippen molar-refractivity contribution < 1.29 is 19.0 Å². The first-order chi connectivity index (χ1) is 16.6. The Bertz CT molecular complexity index is 1290. The van der Waals surface area contributed by atoms with Crippen LogP contribution in [0.5, 0.6) is 11.5 Å². The fraction of sp³-hybridized carbons (Fsp3) is 0.269. The Morgan fingerprint density at radius 2 is 1.86 bits per heavy atom. The van der Waals surface area contributed by atoms with E-state index in [0.717, 1.165) is 11.1 Å². The Labute approximate surface area is 204 Å². The van der Waals surface area contributed by atoms with Crippen molar-refractivity contribution in [2.24, 2.45) is 0 Å². The Kier molecular flexibility index (Phi) is 7.66. The Balaban J connectivity index is 1.91. The standard InChI is InChI=1S/C26H29N5O4/c1-26(2,3)35-25(32)30-20-8-6-7-16(13-20)9-10-18-11-17(14-21(33-4)22(18)34-5)12-19-15-29-24(28)31-23(19)27/h6-8,11,13-15H,12H2,1-5H3,(H,30,32)(H4,27,28,29,31). The molecule has 0 aliphatic carbocycles. The first-order valence-corrected chi connectivity index (χ1v) is 10.8. The van der Waals surface area contributed by atoms with Gasteiger partial charge in [0.15, 0.2) is 11.5 Å². The smallest absolute Gasteiger partial charge is 0.412 e. The largest absolute Gasteiger partial charge is 0.493 e. The molecule has 0 saturated heterocycles. The first kappa shape index (κ1) is 25.2. The summed E-state index contributed by atoms with van der Waals surface area (Å²) in [6, 6.07) is 10.9. The zero-order valence-electron chi connectivity index (χ0n) is 20.4. The molecule has 1 heterocycles. The number of nitrogen functional groups attached to an aromatic ring is 2. The monoisotopic (exact) mass is 475 g/mol. The van der Waals surface area contributed by atoms with Crippen LogP contribution in [0.2, 0.25) is 0 Å². The van der Waals surface area contributed by atoms with Gasteiger partial charge in [-0.15, -0.1) is 0 Å². The molecule has 0 spiro atoms. The number of benzene rings is 2. The molecule has 182 valence electrons. The average molecular weight is 476 g/mol. The molecule has 0 fully saturated rings. The van der Waals surface area contributed by atoms with Crippen molar-refractivity contribution in [3.63, 3.8) is 0 Å². The van der Waals surface area contributed by atoms with Gasteiger partial charge in [-0.05, 0) is 56.7 Å². The highest BCUT2D eigenvalue weighted by atomic mass is 16.6. The van der Waals surface area contributed by atoms with Crippen LogP contribution in [0.15, 0.2) is 42.6 Å². The molecule has 0 unspecified atom stereocenters. The van der Waals surface area contributed by atoms with Gasteiger partial charge in [0.1, 0.15) is 11.4 Å². The number of hydrogen-bond donors (Lipinski definition) is 3. The van der Waals surface area contributed by atoms with Crippen molar-refractivity contribution >= 4 is 23.5 Å². The van der Waals surface area contributed by atoms with Crippen LogP contribution in [0.4, 0.5) is 22.2 Å². The molecule has 0 radical (unpaired) electrons. The van der Waals surface area contributed by atoms with E-state index in [4.69, 9.17) is 25.7 Å². The van der Waals surface area contributed by atoms with E-state index in [0.29, 0.717) is 40.6 Å². The highest BCUT2D eigenvalue weighted by Crippen LogP contribution is 2.33. The van der Waals surface area contributed by atoms with E-state index >= 15 is 0 Å². The normalized spacial score (nSPS) is 10.7. The summed E-state index contributed by atoms with van der Waals surface area (Å²) in [7, 11) is 3.12. The Hall–Kier alpha value is -4.45. The molecule has 0 bridgehead atoms. The molecule has 0 saturated carbocycles. The van der Waals surface area contributed by atoms with E-state index in [-0.39, 0.29) is 5.95 Å². The second-order valence-corrected chi connectivity index (χ2v) is 8.65. The van der Waals surface area contributed by atoms with Gasteiger partial charge in [0.2, 0.25) is 5.95 Å². The molecule has 35 heavy (non-hydrogen) atoms. The molecule has 2 aromatic carbocycles. The minimum Gasteiger partial charge on any atom is -0.493 e. The molecule has 1 aromatic heterocycles. The minimum atomic E-state index is -0.592. The molecule has 0 atom stereocenters. The summed E-state index contributed by atoms with van der Waals surface area (Å²) in [5.74, 6) is 7.73. The fourth-order valence-corrected chi connectivity index (χ4v) is 3.24. The molecule has 3 rings (SSSR count). The molecule has 3 aromatic rings. The number of carbonyl (C=O) groups excluding carboxylic acids is 1. The number of rotatable bonds is 5. The van der Waals surface area contributed by atoms with Crippen molar-refractivity contribution in [2.45, 2.75) is 32.8 Å². The predicted octanol–water partition coefficient (Wildman–Crippen LogP) is 4.00. The van der Waals surface area contributed by atoms with Crippen LogP contribution in [-0.4, -0.2) is 35.9 Å². The molecule has 9 heteroatoms. The zero-order chi connectivity index (χ0) is 25.6. The number of ether oxygens (including phenoxy) is 3. The van der Waals surface area contributed by atoms with Crippen molar-refractivity contribution in [3.05, 3.63) is 64.8 Å². The maximum atomic E-state index is 12.1. The topological polar surface area (TPSA) is 135 Å². The summed E-state index contributed by atoms with van der Waals surface area (Å²) >= 11 is 0. The van der Waals surface area contributed by atoms with Crippen LogP contribution >= 0.6 is 0 Å². The summed E-state index contributed by atoms with van der Waals surface area (Å²) in [6.07, 6.45) is 1.52. The molecule has 0 aliphatic rings. The summed E-state index contributed by atoms with van der Waals surface area (Å²) in [5.41, 5.74) is 14.5. The predicted molar refractivity (Wildman–Crippen MR) is 135 cm³/mol. The molecule has 5 N–H and O–H groups in total. The van der Waals surface area contributed by atoms with Gasteiger partial charge in [0.25, 0.3) is 0 Å². The molecule has 1 amide bonds. The van der Waals surface area contributed by atoms with E-state index < -0.39 is 11.7 Å². The lowest BCUT2D eigenvalue weighted by molar-refractivity contribution is 0.0636. The van der Waals surface area contributed by atoms with Gasteiger partial charge in [-0.3, -0.25) is 5.32 Å². The SMILES string of the molecule is COc1cc(Cc2cnc(N)nc2N)cc(C#Cc2cccc(NC(=O)OC(C)(C)C)c2)c1OC. The van der Waals surface area contributed by atoms with Crippen LogP contribution in [0.3, 0.4) is 0 Å². The van der Waals surface area contributed by atoms with E-state index in [2.05, 4.69) is 27.1 Å². The maximum Gasteiger partial charge on any atom is 0.412 e. The second kappa shape index (κ2) is 10.7. The molecule has 0 aliphatic heterocycles.